The van der Waals surface area contributed by atoms with Crippen molar-refractivity contribution in [2.24, 2.45) is 0 Å². The monoisotopic (exact) mass is 299 g/mol. The maximum atomic E-state index is 5.84. The second kappa shape index (κ2) is 6.76. The highest BCUT2D eigenvalue weighted by Crippen LogP contribution is 2.18. The third-order valence-electron chi connectivity index (χ3n) is 3.22. The van der Waals surface area contributed by atoms with E-state index in [1.807, 2.05) is 24.3 Å². The summed E-state index contributed by atoms with van der Waals surface area (Å²) in [6, 6.07) is 7.31. The van der Waals surface area contributed by atoms with E-state index < -0.39 is 0 Å². The third-order valence-corrected chi connectivity index (χ3v) is 3.47. The van der Waals surface area contributed by atoms with Gasteiger partial charge in [0.25, 0.3) is 0 Å². The Morgan fingerprint density at radius 2 is 1.95 bits per heavy atom. The first-order valence-corrected chi connectivity index (χ1v) is 7.16. The van der Waals surface area contributed by atoms with Gasteiger partial charge in [-0.25, -0.2) is 0 Å². The molecule has 112 valence electrons. The molecule has 0 bridgehead atoms. The predicted molar refractivity (Wildman–Crippen MR) is 79.1 cm³/mol. The molecule has 1 fully saturated rings. The fourth-order valence-electron chi connectivity index (χ4n) is 1.78. The Hall–Kier alpha value is -0.810. The van der Waals surface area contributed by atoms with Crippen LogP contribution in [-0.2, 0) is 9.47 Å². The largest absolute Gasteiger partial charge is 0.491 e. The smallest absolute Gasteiger partial charge is 0.119 e. The molecule has 0 aliphatic carbocycles. The van der Waals surface area contributed by atoms with Crippen LogP contribution in [0.2, 0.25) is 5.02 Å². The van der Waals surface area contributed by atoms with Gasteiger partial charge in [0.05, 0.1) is 6.61 Å². The van der Waals surface area contributed by atoms with Crippen molar-refractivity contribution in [2.75, 3.05) is 26.7 Å². The van der Waals surface area contributed by atoms with E-state index in [9.17, 15) is 0 Å². The lowest BCUT2D eigenvalue weighted by atomic mass is 10.1. The predicted octanol–water partition coefficient (Wildman–Crippen LogP) is 3.15. The van der Waals surface area contributed by atoms with E-state index in [1.165, 1.54) is 0 Å². The zero-order valence-electron chi connectivity index (χ0n) is 12.3. The molecule has 1 unspecified atom stereocenters. The van der Waals surface area contributed by atoms with Crippen molar-refractivity contribution in [2.45, 2.75) is 32.4 Å². The Kier molecular flexibility index (Phi) is 5.27. The average Bonchev–Trinajstić information content (AvgIpc) is 2.63. The van der Waals surface area contributed by atoms with Crippen LogP contribution in [0.3, 0.4) is 0 Å². The molecule has 0 spiro atoms. The van der Waals surface area contributed by atoms with E-state index in [-0.39, 0.29) is 11.6 Å². The van der Waals surface area contributed by atoms with Crippen molar-refractivity contribution in [1.29, 1.82) is 0 Å². The second-order valence-corrected chi connectivity index (χ2v) is 6.33. The Balaban J connectivity index is 1.81. The fraction of sp³-hybridized carbons (Fsp3) is 0.600. The summed E-state index contributed by atoms with van der Waals surface area (Å²) in [5, 5.41) is 0.701. The molecule has 2 rings (SSSR count). The average molecular weight is 300 g/mol. The van der Waals surface area contributed by atoms with E-state index >= 15 is 0 Å². The van der Waals surface area contributed by atoms with Crippen LogP contribution >= 0.6 is 11.6 Å². The number of hydrogen-bond acceptors (Lipinski definition) is 4. The minimum atomic E-state index is -0.0574. The summed E-state index contributed by atoms with van der Waals surface area (Å²) >= 11 is 5.84. The Labute approximate surface area is 125 Å². The van der Waals surface area contributed by atoms with Crippen molar-refractivity contribution in [3.8, 4) is 5.75 Å². The van der Waals surface area contributed by atoms with Crippen LogP contribution < -0.4 is 4.74 Å². The Morgan fingerprint density at radius 1 is 1.25 bits per heavy atom. The Morgan fingerprint density at radius 3 is 2.60 bits per heavy atom. The van der Waals surface area contributed by atoms with Crippen LogP contribution in [0, 0.1) is 0 Å². The number of ether oxygens (including phenoxy) is 3. The van der Waals surface area contributed by atoms with Gasteiger partial charge in [0.1, 0.15) is 31.9 Å². The normalized spacial score (nSPS) is 21.5. The number of rotatable bonds is 3. The first-order valence-electron chi connectivity index (χ1n) is 6.78. The SMILES string of the molecule is CC(C)(C)N1COCC(COc2ccc(Cl)cc2)OC1. The standard InChI is InChI=1S/C15H22ClNO3/c1-15(2,3)17-10-18-8-14(20-11-17)9-19-13-6-4-12(16)5-7-13/h4-7,14H,8-11H2,1-3H3. The molecule has 0 aromatic heterocycles. The van der Waals surface area contributed by atoms with Gasteiger partial charge in [0.2, 0.25) is 0 Å². The van der Waals surface area contributed by atoms with Gasteiger partial charge in [-0.1, -0.05) is 11.6 Å². The number of halogens is 1. The summed E-state index contributed by atoms with van der Waals surface area (Å²) in [5.41, 5.74) is 0.0337. The molecular formula is C15H22ClNO3. The minimum absolute atomic E-state index is 0.0337. The van der Waals surface area contributed by atoms with Crippen LogP contribution in [0.1, 0.15) is 20.8 Å². The van der Waals surface area contributed by atoms with Crippen LogP contribution in [0.5, 0.6) is 5.75 Å². The number of nitrogens with zero attached hydrogens (tertiary/aromatic N) is 1. The Bertz CT molecular complexity index is 416. The molecule has 4 nitrogen and oxygen atoms in total. The molecule has 1 atom stereocenters. The zero-order chi connectivity index (χ0) is 14.6. The highest BCUT2D eigenvalue weighted by Gasteiger charge is 2.26. The lowest BCUT2D eigenvalue weighted by molar-refractivity contribution is -0.0500. The molecule has 0 amide bonds. The molecular weight excluding hydrogens is 278 g/mol. The van der Waals surface area contributed by atoms with Gasteiger partial charge in [-0.3, -0.25) is 4.90 Å². The highest BCUT2D eigenvalue weighted by molar-refractivity contribution is 6.30. The third kappa shape index (κ3) is 4.63. The second-order valence-electron chi connectivity index (χ2n) is 5.89. The summed E-state index contributed by atoms with van der Waals surface area (Å²) in [5.74, 6) is 0.787. The summed E-state index contributed by atoms with van der Waals surface area (Å²) < 4.78 is 17.2. The first kappa shape index (κ1) is 15.6. The highest BCUT2D eigenvalue weighted by atomic mass is 35.5. The van der Waals surface area contributed by atoms with E-state index in [2.05, 4.69) is 25.7 Å². The molecule has 0 N–H and O–H groups in total. The molecule has 1 heterocycles. The van der Waals surface area contributed by atoms with Gasteiger partial charge >= 0.3 is 0 Å². The molecule has 1 aromatic carbocycles. The zero-order valence-corrected chi connectivity index (χ0v) is 13.0. The van der Waals surface area contributed by atoms with Crippen molar-refractivity contribution in [3.63, 3.8) is 0 Å². The van der Waals surface area contributed by atoms with Gasteiger partial charge in [-0.05, 0) is 45.0 Å². The summed E-state index contributed by atoms with van der Waals surface area (Å²) in [7, 11) is 0. The van der Waals surface area contributed by atoms with E-state index in [1.54, 1.807) is 0 Å². The fourth-order valence-corrected chi connectivity index (χ4v) is 1.90. The molecule has 5 heteroatoms. The lowest BCUT2D eigenvalue weighted by Gasteiger charge is -2.33. The van der Waals surface area contributed by atoms with Crippen molar-refractivity contribution >= 4 is 11.6 Å². The summed E-state index contributed by atoms with van der Waals surface area (Å²) in [4.78, 5) is 2.15. The summed E-state index contributed by atoms with van der Waals surface area (Å²) in [6.45, 7) is 8.58. The van der Waals surface area contributed by atoms with Crippen LogP contribution in [0.15, 0.2) is 24.3 Å². The van der Waals surface area contributed by atoms with Crippen molar-refractivity contribution < 1.29 is 14.2 Å². The molecule has 1 saturated heterocycles. The van der Waals surface area contributed by atoms with Gasteiger partial charge in [-0.2, -0.15) is 0 Å². The van der Waals surface area contributed by atoms with Crippen LogP contribution in [0.4, 0.5) is 0 Å². The van der Waals surface area contributed by atoms with E-state index in [4.69, 9.17) is 25.8 Å². The van der Waals surface area contributed by atoms with Gasteiger partial charge in [-0.15, -0.1) is 0 Å². The van der Waals surface area contributed by atoms with Gasteiger partial charge in [0.15, 0.2) is 0 Å². The van der Waals surface area contributed by atoms with Crippen LogP contribution in [-0.4, -0.2) is 43.2 Å². The van der Waals surface area contributed by atoms with E-state index in [0.717, 1.165) is 5.75 Å². The molecule has 1 aliphatic rings. The molecule has 1 aliphatic heterocycles. The number of hydrogen-bond donors (Lipinski definition) is 0. The molecule has 1 aromatic rings. The maximum Gasteiger partial charge on any atom is 0.119 e. The van der Waals surface area contributed by atoms with Gasteiger partial charge in [0, 0.05) is 10.6 Å². The maximum absolute atomic E-state index is 5.84. The topological polar surface area (TPSA) is 30.9 Å². The van der Waals surface area contributed by atoms with Gasteiger partial charge < -0.3 is 14.2 Å². The molecule has 0 saturated carbocycles. The van der Waals surface area contributed by atoms with E-state index in [0.29, 0.717) is 31.7 Å². The molecule has 0 radical (unpaired) electrons. The van der Waals surface area contributed by atoms with Crippen molar-refractivity contribution in [3.05, 3.63) is 29.3 Å². The lowest BCUT2D eigenvalue weighted by Crippen LogP contribution is -2.43. The van der Waals surface area contributed by atoms with Crippen LogP contribution in [0.25, 0.3) is 0 Å². The quantitative estimate of drug-likeness (QED) is 0.858. The first-order chi connectivity index (χ1) is 9.45. The summed E-state index contributed by atoms with van der Waals surface area (Å²) in [6.07, 6.45) is -0.0574. The number of benzene rings is 1. The minimum Gasteiger partial charge on any atom is -0.491 e. The molecule has 20 heavy (non-hydrogen) atoms. The van der Waals surface area contributed by atoms with Crippen molar-refractivity contribution in [1.82, 2.24) is 4.90 Å².